The third-order valence-corrected chi connectivity index (χ3v) is 4.87. The highest BCUT2D eigenvalue weighted by molar-refractivity contribution is 5.96. The molecular weight excluding hydrogens is 370 g/mol. The zero-order valence-corrected chi connectivity index (χ0v) is 16.7. The van der Waals surface area contributed by atoms with Gasteiger partial charge >= 0.3 is 11.9 Å². The van der Waals surface area contributed by atoms with Crippen LogP contribution in [0.3, 0.4) is 0 Å². The second-order valence-corrected chi connectivity index (χ2v) is 6.65. The highest BCUT2D eigenvalue weighted by Crippen LogP contribution is 2.36. The van der Waals surface area contributed by atoms with Crippen molar-refractivity contribution in [2.24, 2.45) is 5.92 Å². The number of halogens is 1. The summed E-state index contributed by atoms with van der Waals surface area (Å²) in [5.41, 5.74) is 3.63. The number of carbonyl (C=O) groups is 2. The first-order valence-corrected chi connectivity index (χ1v) is 8.97. The molecule has 0 spiro atoms. The number of hydrogen-bond donors (Lipinski definition) is 0. The van der Waals surface area contributed by atoms with Gasteiger partial charge in [-0.1, -0.05) is 6.07 Å². The maximum atomic E-state index is 12.3. The number of nitrogens with zero attached hydrogens (tertiary/aromatic N) is 1. The van der Waals surface area contributed by atoms with E-state index in [0.717, 1.165) is 18.8 Å². The molecule has 1 aliphatic heterocycles. The van der Waals surface area contributed by atoms with Gasteiger partial charge in [0.2, 0.25) is 0 Å². The van der Waals surface area contributed by atoms with Crippen molar-refractivity contribution in [3.05, 3.63) is 29.3 Å². The van der Waals surface area contributed by atoms with Gasteiger partial charge in [0, 0.05) is 26.6 Å². The lowest BCUT2D eigenvalue weighted by atomic mass is 9.87. The Labute approximate surface area is 165 Å². The summed E-state index contributed by atoms with van der Waals surface area (Å²) in [5.74, 6) is -0.265. The fraction of sp³-hybridized carbons (Fsp3) is 0.500. The van der Waals surface area contributed by atoms with Crippen LogP contribution in [0, 0.1) is 5.92 Å². The fourth-order valence-electron chi connectivity index (χ4n) is 3.60. The SMILES string of the molecule is CCOC(=O)C1CN(CC2=Cc3ccc(OC)cc32)CCC1OC(C)=O.Cl. The van der Waals surface area contributed by atoms with Crippen LogP contribution in [-0.2, 0) is 19.1 Å². The molecule has 7 heteroatoms. The number of ether oxygens (including phenoxy) is 3. The standard InChI is InChI=1S/C20H25NO5.ClH/c1-4-25-20(23)18-12-21(8-7-19(18)26-13(2)22)11-15-9-14-5-6-16(24-3)10-17(14)15;/h5-6,9-10,18-19H,4,7-8,11-12H2,1-3H3;1H. The van der Waals surface area contributed by atoms with Gasteiger partial charge in [-0.25, -0.2) is 0 Å². The normalized spacial score (nSPS) is 21.1. The maximum Gasteiger partial charge on any atom is 0.314 e. The van der Waals surface area contributed by atoms with Crippen molar-refractivity contribution in [3.8, 4) is 5.75 Å². The molecule has 1 fully saturated rings. The smallest absolute Gasteiger partial charge is 0.314 e. The molecule has 1 aromatic carbocycles. The Kier molecular flexibility index (Phi) is 7.27. The Hall–Kier alpha value is -2.05. The van der Waals surface area contributed by atoms with E-state index in [4.69, 9.17) is 14.2 Å². The van der Waals surface area contributed by atoms with Crippen LogP contribution >= 0.6 is 12.4 Å². The predicted molar refractivity (Wildman–Crippen MR) is 105 cm³/mol. The first-order valence-electron chi connectivity index (χ1n) is 8.97. The average molecular weight is 396 g/mol. The summed E-state index contributed by atoms with van der Waals surface area (Å²) in [4.78, 5) is 25.9. The van der Waals surface area contributed by atoms with Crippen molar-refractivity contribution >= 4 is 36.0 Å². The number of benzene rings is 1. The average Bonchev–Trinajstić information content (AvgIpc) is 2.60. The van der Waals surface area contributed by atoms with Crippen molar-refractivity contribution < 1.29 is 23.8 Å². The lowest BCUT2D eigenvalue weighted by Crippen LogP contribution is -2.49. The van der Waals surface area contributed by atoms with Crippen LogP contribution in [-0.4, -0.2) is 56.3 Å². The summed E-state index contributed by atoms with van der Waals surface area (Å²) in [7, 11) is 1.66. The van der Waals surface area contributed by atoms with Crippen LogP contribution in [0.2, 0.25) is 0 Å². The van der Waals surface area contributed by atoms with E-state index in [0.29, 0.717) is 19.6 Å². The van der Waals surface area contributed by atoms with Crippen molar-refractivity contribution in [2.75, 3.05) is 33.4 Å². The minimum Gasteiger partial charge on any atom is -0.497 e. The van der Waals surface area contributed by atoms with Gasteiger partial charge in [0.1, 0.15) is 17.8 Å². The first-order chi connectivity index (χ1) is 12.5. The van der Waals surface area contributed by atoms with Gasteiger partial charge in [-0.3, -0.25) is 14.5 Å². The molecule has 6 nitrogen and oxygen atoms in total. The first kappa shape index (κ1) is 21.3. The molecule has 27 heavy (non-hydrogen) atoms. The number of esters is 2. The van der Waals surface area contributed by atoms with Gasteiger partial charge in [-0.2, -0.15) is 0 Å². The van der Waals surface area contributed by atoms with Gasteiger partial charge in [-0.05, 0) is 48.3 Å². The van der Waals surface area contributed by atoms with Crippen LogP contribution in [0.1, 0.15) is 31.4 Å². The molecule has 0 amide bonds. The summed E-state index contributed by atoms with van der Waals surface area (Å²) >= 11 is 0. The largest absolute Gasteiger partial charge is 0.497 e. The molecule has 0 saturated carbocycles. The summed E-state index contributed by atoms with van der Waals surface area (Å²) in [6.07, 6.45) is 2.37. The molecule has 148 valence electrons. The second kappa shape index (κ2) is 9.24. The van der Waals surface area contributed by atoms with Crippen molar-refractivity contribution in [3.63, 3.8) is 0 Å². The number of carbonyl (C=O) groups excluding carboxylic acids is 2. The van der Waals surface area contributed by atoms with Crippen LogP contribution in [0.15, 0.2) is 18.2 Å². The Morgan fingerprint density at radius 3 is 2.74 bits per heavy atom. The third kappa shape index (κ3) is 4.82. The van der Waals surface area contributed by atoms with E-state index in [1.54, 1.807) is 14.0 Å². The zero-order chi connectivity index (χ0) is 18.7. The number of fused-ring (bicyclic) bond motifs is 1. The van der Waals surface area contributed by atoms with E-state index in [-0.39, 0.29) is 24.3 Å². The Bertz CT molecular complexity index is 733. The Balaban J connectivity index is 0.00000261. The number of piperidine rings is 1. The highest BCUT2D eigenvalue weighted by atomic mass is 35.5. The van der Waals surface area contributed by atoms with Crippen LogP contribution in [0.4, 0.5) is 0 Å². The molecule has 3 rings (SSSR count). The number of hydrogen-bond acceptors (Lipinski definition) is 6. The minimum atomic E-state index is -0.446. The van der Waals surface area contributed by atoms with E-state index in [1.807, 2.05) is 18.2 Å². The quantitative estimate of drug-likeness (QED) is 0.690. The van der Waals surface area contributed by atoms with Crippen molar-refractivity contribution in [2.45, 2.75) is 26.4 Å². The van der Waals surface area contributed by atoms with Crippen LogP contribution < -0.4 is 4.74 Å². The number of likely N-dealkylation sites (tertiary alicyclic amines) is 1. The van der Waals surface area contributed by atoms with E-state index in [2.05, 4.69) is 11.0 Å². The molecule has 0 aromatic heterocycles. The predicted octanol–water partition coefficient (Wildman–Crippen LogP) is 2.79. The van der Waals surface area contributed by atoms with Gasteiger partial charge < -0.3 is 14.2 Å². The molecule has 2 atom stereocenters. The molecule has 0 N–H and O–H groups in total. The molecule has 1 saturated heterocycles. The molecule has 1 aliphatic carbocycles. The molecule has 2 unspecified atom stereocenters. The summed E-state index contributed by atoms with van der Waals surface area (Å²) in [6, 6.07) is 6.04. The van der Waals surface area contributed by atoms with E-state index < -0.39 is 12.0 Å². The topological polar surface area (TPSA) is 65.1 Å². The summed E-state index contributed by atoms with van der Waals surface area (Å²) in [5, 5.41) is 0. The fourth-order valence-corrected chi connectivity index (χ4v) is 3.60. The molecular formula is C20H26ClNO5. The lowest BCUT2D eigenvalue weighted by molar-refractivity contribution is -0.164. The minimum absolute atomic E-state index is 0. The summed E-state index contributed by atoms with van der Waals surface area (Å²) in [6.45, 7) is 5.52. The maximum absolute atomic E-state index is 12.3. The lowest BCUT2D eigenvalue weighted by Gasteiger charge is -2.38. The highest BCUT2D eigenvalue weighted by Gasteiger charge is 2.38. The van der Waals surface area contributed by atoms with E-state index in [1.165, 1.54) is 23.6 Å². The number of rotatable bonds is 6. The van der Waals surface area contributed by atoms with Gasteiger partial charge in [-0.15, -0.1) is 12.4 Å². The zero-order valence-electron chi connectivity index (χ0n) is 15.9. The van der Waals surface area contributed by atoms with E-state index >= 15 is 0 Å². The van der Waals surface area contributed by atoms with Crippen LogP contribution in [0.25, 0.3) is 11.6 Å². The summed E-state index contributed by atoms with van der Waals surface area (Å²) < 4.78 is 15.8. The third-order valence-electron chi connectivity index (χ3n) is 4.87. The molecule has 1 heterocycles. The molecule has 2 aliphatic rings. The van der Waals surface area contributed by atoms with Crippen LogP contribution in [0.5, 0.6) is 5.75 Å². The molecule has 0 bridgehead atoms. The van der Waals surface area contributed by atoms with Crippen molar-refractivity contribution in [1.29, 1.82) is 0 Å². The van der Waals surface area contributed by atoms with Crippen molar-refractivity contribution in [1.82, 2.24) is 4.90 Å². The van der Waals surface area contributed by atoms with Gasteiger partial charge in [0.05, 0.1) is 13.7 Å². The van der Waals surface area contributed by atoms with E-state index in [9.17, 15) is 9.59 Å². The van der Waals surface area contributed by atoms with Gasteiger partial charge in [0.25, 0.3) is 0 Å². The monoisotopic (exact) mass is 395 g/mol. The Morgan fingerprint density at radius 2 is 2.07 bits per heavy atom. The second-order valence-electron chi connectivity index (χ2n) is 6.65. The van der Waals surface area contributed by atoms with Gasteiger partial charge in [0.15, 0.2) is 0 Å². The Morgan fingerprint density at radius 1 is 1.30 bits per heavy atom. The number of methoxy groups -OCH3 is 1. The molecule has 0 radical (unpaired) electrons. The molecule has 1 aromatic rings.